The topological polar surface area (TPSA) is 0 Å². The van der Waals surface area contributed by atoms with Crippen LogP contribution >= 0.6 is 27.3 Å². The monoisotopic (exact) mass is 348 g/mol. The first-order valence-electron chi connectivity index (χ1n) is 7.53. The van der Waals surface area contributed by atoms with Crippen LogP contribution < -0.4 is 0 Å². The van der Waals surface area contributed by atoms with Gasteiger partial charge in [-0.1, -0.05) is 59.5 Å². The summed E-state index contributed by atoms with van der Waals surface area (Å²) < 4.78 is 0. The zero-order valence-electron chi connectivity index (χ0n) is 11.9. The molecule has 0 nitrogen and oxygen atoms in total. The van der Waals surface area contributed by atoms with Crippen molar-refractivity contribution >= 4 is 27.3 Å². The van der Waals surface area contributed by atoms with E-state index in [1.54, 1.807) is 0 Å². The van der Waals surface area contributed by atoms with E-state index in [1.807, 2.05) is 11.3 Å². The number of hydrogen-bond donors (Lipinski definition) is 0. The summed E-state index contributed by atoms with van der Waals surface area (Å²) in [5.74, 6) is 0.801. The lowest BCUT2D eigenvalue weighted by atomic mass is 9.84. The van der Waals surface area contributed by atoms with Crippen LogP contribution in [0.15, 0.2) is 35.7 Å². The van der Waals surface area contributed by atoms with Gasteiger partial charge in [0.1, 0.15) is 0 Å². The van der Waals surface area contributed by atoms with Crippen molar-refractivity contribution in [1.82, 2.24) is 0 Å². The molecular formula is C18H21BrS. The second kappa shape index (κ2) is 6.44. The Morgan fingerprint density at radius 1 is 1.05 bits per heavy atom. The van der Waals surface area contributed by atoms with Crippen LogP contribution in [-0.2, 0) is 0 Å². The van der Waals surface area contributed by atoms with E-state index >= 15 is 0 Å². The molecule has 0 bridgehead atoms. The first-order valence-corrected chi connectivity index (χ1v) is 9.33. The van der Waals surface area contributed by atoms with Crippen molar-refractivity contribution in [2.75, 3.05) is 0 Å². The molecule has 0 N–H and O–H groups in total. The first-order chi connectivity index (χ1) is 9.75. The summed E-state index contributed by atoms with van der Waals surface area (Å²) in [7, 11) is 0. The maximum atomic E-state index is 3.86. The van der Waals surface area contributed by atoms with Crippen molar-refractivity contribution in [3.05, 3.63) is 57.3 Å². The summed E-state index contributed by atoms with van der Waals surface area (Å²) in [4.78, 5) is 1.76. The van der Waals surface area contributed by atoms with E-state index in [2.05, 4.69) is 58.6 Å². The molecule has 106 valence electrons. The van der Waals surface area contributed by atoms with Crippen LogP contribution in [0, 0.1) is 6.92 Å². The van der Waals surface area contributed by atoms with Crippen LogP contribution in [0.4, 0.5) is 0 Å². The molecule has 3 rings (SSSR count). The van der Waals surface area contributed by atoms with Gasteiger partial charge in [-0.3, -0.25) is 0 Å². The van der Waals surface area contributed by atoms with Gasteiger partial charge in [0, 0.05) is 4.88 Å². The Kier molecular flexibility index (Phi) is 4.62. The van der Waals surface area contributed by atoms with E-state index in [0.717, 1.165) is 5.92 Å². The Morgan fingerprint density at radius 3 is 2.35 bits per heavy atom. The molecule has 1 saturated carbocycles. The summed E-state index contributed by atoms with van der Waals surface area (Å²) in [6.07, 6.45) is 6.99. The van der Waals surface area contributed by atoms with E-state index in [9.17, 15) is 0 Å². The quantitative estimate of drug-likeness (QED) is 0.549. The number of alkyl halides is 1. The van der Waals surface area contributed by atoms with E-state index in [4.69, 9.17) is 0 Å². The molecule has 1 unspecified atom stereocenters. The molecule has 1 aliphatic rings. The normalized spacial score (nSPS) is 18.1. The summed E-state index contributed by atoms with van der Waals surface area (Å²) in [6, 6.07) is 11.5. The molecule has 0 aliphatic heterocycles. The van der Waals surface area contributed by atoms with Crippen molar-refractivity contribution in [3.63, 3.8) is 0 Å². The third-order valence-electron chi connectivity index (χ3n) is 4.44. The lowest BCUT2D eigenvalue weighted by Crippen LogP contribution is -2.04. The third-order valence-corrected chi connectivity index (χ3v) is 6.81. The fraction of sp³-hybridized carbons (Fsp3) is 0.444. The highest BCUT2D eigenvalue weighted by Crippen LogP contribution is 2.38. The summed E-state index contributed by atoms with van der Waals surface area (Å²) in [5, 5.41) is 2.18. The zero-order chi connectivity index (χ0) is 13.9. The Morgan fingerprint density at radius 2 is 1.75 bits per heavy atom. The van der Waals surface area contributed by atoms with Gasteiger partial charge in [0.25, 0.3) is 0 Å². The minimum Gasteiger partial charge on any atom is -0.147 e. The molecule has 0 amide bonds. The summed E-state index contributed by atoms with van der Waals surface area (Å²) in [6.45, 7) is 2.19. The van der Waals surface area contributed by atoms with Crippen LogP contribution in [0.1, 0.15) is 64.4 Å². The van der Waals surface area contributed by atoms with Gasteiger partial charge in [0.15, 0.2) is 0 Å². The summed E-state index contributed by atoms with van der Waals surface area (Å²) >= 11 is 5.69. The molecule has 1 aromatic carbocycles. The molecule has 20 heavy (non-hydrogen) atoms. The molecule has 0 saturated heterocycles. The van der Waals surface area contributed by atoms with Crippen molar-refractivity contribution in [2.45, 2.75) is 49.8 Å². The minimum atomic E-state index is 0.336. The average Bonchev–Trinajstić information content (AvgIpc) is 2.94. The molecule has 0 spiro atoms. The highest BCUT2D eigenvalue weighted by Gasteiger charge is 2.17. The molecule has 1 fully saturated rings. The number of thiophene rings is 1. The van der Waals surface area contributed by atoms with Gasteiger partial charge in [0.05, 0.1) is 4.83 Å². The van der Waals surface area contributed by atoms with Crippen molar-refractivity contribution in [2.24, 2.45) is 0 Å². The molecule has 1 aromatic heterocycles. The smallest absolute Gasteiger partial charge is 0.0740 e. The number of hydrogen-bond acceptors (Lipinski definition) is 1. The van der Waals surface area contributed by atoms with Crippen LogP contribution in [0.2, 0.25) is 0 Å². The molecule has 2 heteroatoms. The number of halogens is 1. The number of rotatable bonds is 3. The minimum absolute atomic E-state index is 0.336. The first kappa shape index (κ1) is 14.3. The Balaban J connectivity index is 1.77. The highest BCUT2D eigenvalue weighted by atomic mass is 79.9. The average molecular weight is 349 g/mol. The zero-order valence-corrected chi connectivity index (χ0v) is 14.3. The second-order valence-corrected chi connectivity index (χ2v) is 7.70. The van der Waals surface area contributed by atoms with Gasteiger partial charge in [-0.25, -0.2) is 0 Å². The van der Waals surface area contributed by atoms with Crippen LogP contribution in [0.5, 0.6) is 0 Å². The van der Waals surface area contributed by atoms with E-state index in [0.29, 0.717) is 4.83 Å². The van der Waals surface area contributed by atoms with E-state index < -0.39 is 0 Å². The lowest BCUT2D eigenvalue weighted by molar-refractivity contribution is 0.443. The third kappa shape index (κ3) is 3.01. The van der Waals surface area contributed by atoms with Crippen LogP contribution in [0.3, 0.4) is 0 Å². The van der Waals surface area contributed by atoms with Gasteiger partial charge in [-0.2, -0.15) is 0 Å². The highest BCUT2D eigenvalue weighted by molar-refractivity contribution is 9.09. The van der Waals surface area contributed by atoms with Gasteiger partial charge >= 0.3 is 0 Å². The largest absolute Gasteiger partial charge is 0.147 e. The maximum absolute atomic E-state index is 3.86. The number of aryl methyl sites for hydroxylation is 1. The molecule has 0 radical (unpaired) electrons. The van der Waals surface area contributed by atoms with Gasteiger partial charge in [-0.05, 0) is 53.8 Å². The predicted molar refractivity (Wildman–Crippen MR) is 92.1 cm³/mol. The Bertz CT molecular complexity index is 549. The second-order valence-electron chi connectivity index (χ2n) is 5.83. The predicted octanol–water partition coefficient (Wildman–Crippen LogP) is 6.59. The van der Waals surface area contributed by atoms with Crippen LogP contribution in [0.25, 0.3) is 0 Å². The molecule has 2 aromatic rings. The number of benzene rings is 1. The molecule has 1 aliphatic carbocycles. The SMILES string of the molecule is Cc1ccsc1C(Br)c1ccc(C2CCCCC2)cc1. The molecular weight excluding hydrogens is 328 g/mol. The standard InChI is InChI=1S/C18H21BrS/c1-13-11-12-20-18(13)17(19)16-9-7-15(8-10-16)14-5-3-2-4-6-14/h7-12,14,17H,2-6H2,1H3. The summed E-state index contributed by atoms with van der Waals surface area (Å²) in [5.41, 5.74) is 4.29. The fourth-order valence-corrected chi connectivity index (χ4v) is 5.09. The van der Waals surface area contributed by atoms with Crippen molar-refractivity contribution in [1.29, 1.82) is 0 Å². The van der Waals surface area contributed by atoms with Gasteiger partial charge < -0.3 is 0 Å². The maximum Gasteiger partial charge on any atom is 0.0740 e. The van der Waals surface area contributed by atoms with E-state index in [1.165, 1.54) is 53.7 Å². The molecule has 1 atom stereocenters. The molecule has 1 heterocycles. The fourth-order valence-electron chi connectivity index (χ4n) is 3.17. The van der Waals surface area contributed by atoms with Crippen LogP contribution in [-0.4, -0.2) is 0 Å². The van der Waals surface area contributed by atoms with Crippen molar-refractivity contribution < 1.29 is 0 Å². The Hall–Kier alpha value is -0.600. The van der Waals surface area contributed by atoms with Crippen molar-refractivity contribution in [3.8, 4) is 0 Å². The Labute approximate surface area is 134 Å². The lowest BCUT2D eigenvalue weighted by Gasteiger charge is -2.22. The van der Waals surface area contributed by atoms with E-state index in [-0.39, 0.29) is 0 Å². The van der Waals surface area contributed by atoms with Gasteiger partial charge in [0.2, 0.25) is 0 Å². The van der Waals surface area contributed by atoms with Gasteiger partial charge in [-0.15, -0.1) is 11.3 Å².